The third-order valence-electron chi connectivity index (χ3n) is 7.55. The Bertz CT molecular complexity index is 1780. The van der Waals surface area contributed by atoms with Gasteiger partial charge in [0, 0.05) is 24.0 Å². The zero-order valence-corrected chi connectivity index (χ0v) is 30.7. The molecular formula is C36H38BrCl2N3O5S. The Morgan fingerprint density at radius 2 is 1.56 bits per heavy atom. The lowest BCUT2D eigenvalue weighted by atomic mass is 10.0. The van der Waals surface area contributed by atoms with E-state index in [0.29, 0.717) is 39.0 Å². The Labute approximate surface area is 301 Å². The lowest BCUT2D eigenvalue weighted by Gasteiger charge is -2.34. The predicted octanol–water partition coefficient (Wildman–Crippen LogP) is 7.91. The van der Waals surface area contributed by atoms with E-state index >= 15 is 0 Å². The Hall–Kier alpha value is -3.57. The molecule has 0 bridgehead atoms. The zero-order chi connectivity index (χ0) is 34.7. The number of benzene rings is 4. The average molecular weight is 776 g/mol. The Morgan fingerprint density at radius 3 is 2.19 bits per heavy atom. The number of anilines is 1. The van der Waals surface area contributed by atoms with E-state index < -0.39 is 28.5 Å². The van der Waals surface area contributed by atoms with Crippen molar-refractivity contribution in [3.05, 3.63) is 123 Å². The van der Waals surface area contributed by atoms with Crippen LogP contribution in [0.2, 0.25) is 10.0 Å². The molecule has 0 aromatic heterocycles. The summed E-state index contributed by atoms with van der Waals surface area (Å²) in [5.41, 5.74) is 1.72. The second-order valence-corrected chi connectivity index (χ2v) is 14.6. The van der Waals surface area contributed by atoms with Crippen LogP contribution >= 0.6 is 39.1 Å². The van der Waals surface area contributed by atoms with Crippen molar-refractivity contribution < 1.29 is 22.7 Å². The minimum Gasteiger partial charge on any atom is -0.494 e. The van der Waals surface area contributed by atoms with Crippen molar-refractivity contribution in [1.82, 2.24) is 10.2 Å². The van der Waals surface area contributed by atoms with Crippen molar-refractivity contribution in [1.29, 1.82) is 0 Å². The number of nitrogens with zero attached hydrogens (tertiary/aromatic N) is 2. The van der Waals surface area contributed by atoms with E-state index in [1.54, 1.807) is 54.6 Å². The number of amides is 2. The number of nitrogens with one attached hydrogen (secondary N) is 1. The highest BCUT2D eigenvalue weighted by molar-refractivity contribution is 9.10. The summed E-state index contributed by atoms with van der Waals surface area (Å²) in [6, 6.07) is 26.1. The standard InChI is InChI=1S/C36H38BrCl2N3O5S/c1-3-5-21-40-36(44)34(23-26-9-7-6-8-10-26)41(24-27-11-20-32(38)33(39)22-27)35(43)25-42(29-14-16-30(17-15-29)47-4-2)48(45,46)31-18-12-28(37)13-19-31/h6-20,22,34H,3-5,21,23-25H2,1-2H3,(H,40,44). The summed E-state index contributed by atoms with van der Waals surface area (Å²) in [7, 11) is -4.25. The summed E-state index contributed by atoms with van der Waals surface area (Å²) in [6.07, 6.45) is 1.84. The van der Waals surface area contributed by atoms with E-state index in [1.165, 1.54) is 17.0 Å². The Morgan fingerprint density at radius 1 is 0.875 bits per heavy atom. The van der Waals surface area contributed by atoms with Crippen molar-refractivity contribution >= 4 is 66.7 Å². The smallest absolute Gasteiger partial charge is 0.264 e. The van der Waals surface area contributed by atoms with Gasteiger partial charge < -0.3 is 15.0 Å². The molecular weight excluding hydrogens is 737 g/mol. The summed E-state index contributed by atoms with van der Waals surface area (Å²) in [5, 5.41) is 3.62. The van der Waals surface area contributed by atoms with Crippen LogP contribution in [0, 0.1) is 0 Å². The normalized spacial score (nSPS) is 11.9. The molecule has 0 spiro atoms. The van der Waals surface area contributed by atoms with Gasteiger partial charge in [0.15, 0.2) is 0 Å². The molecule has 0 aliphatic carbocycles. The molecule has 12 heteroatoms. The van der Waals surface area contributed by atoms with Crippen LogP contribution in [-0.4, -0.2) is 50.9 Å². The molecule has 48 heavy (non-hydrogen) atoms. The lowest BCUT2D eigenvalue weighted by Crippen LogP contribution is -2.53. The second-order valence-electron chi connectivity index (χ2n) is 11.0. The van der Waals surface area contributed by atoms with Crippen LogP contribution in [0.4, 0.5) is 5.69 Å². The van der Waals surface area contributed by atoms with Gasteiger partial charge in [0.25, 0.3) is 10.0 Å². The number of rotatable bonds is 16. The molecule has 0 heterocycles. The molecule has 4 aromatic rings. The molecule has 8 nitrogen and oxygen atoms in total. The first kappa shape index (κ1) is 37.3. The van der Waals surface area contributed by atoms with Crippen LogP contribution in [-0.2, 0) is 32.6 Å². The summed E-state index contributed by atoms with van der Waals surface area (Å²) < 4.78 is 35.8. The number of unbranched alkanes of at least 4 members (excludes halogenated alkanes) is 1. The molecule has 254 valence electrons. The fourth-order valence-corrected chi connectivity index (χ4v) is 7.03. The van der Waals surface area contributed by atoms with Crippen LogP contribution in [0.15, 0.2) is 106 Å². The third-order valence-corrected chi connectivity index (χ3v) is 10.6. The first-order valence-corrected chi connectivity index (χ1v) is 18.6. The maximum Gasteiger partial charge on any atom is 0.264 e. The second kappa shape index (κ2) is 17.7. The van der Waals surface area contributed by atoms with Gasteiger partial charge in [-0.25, -0.2) is 8.42 Å². The van der Waals surface area contributed by atoms with Gasteiger partial charge in [0.1, 0.15) is 18.3 Å². The number of hydrogen-bond donors (Lipinski definition) is 1. The molecule has 4 rings (SSSR count). The molecule has 4 aromatic carbocycles. The van der Waals surface area contributed by atoms with Crippen LogP contribution in [0.5, 0.6) is 5.75 Å². The van der Waals surface area contributed by atoms with E-state index in [2.05, 4.69) is 21.2 Å². The van der Waals surface area contributed by atoms with E-state index in [4.69, 9.17) is 27.9 Å². The number of halogens is 3. The van der Waals surface area contributed by atoms with Crippen LogP contribution < -0.4 is 14.4 Å². The highest BCUT2D eigenvalue weighted by Gasteiger charge is 2.34. The maximum atomic E-state index is 14.6. The number of ether oxygens (including phenoxy) is 1. The van der Waals surface area contributed by atoms with E-state index in [0.717, 1.165) is 22.7 Å². The first-order chi connectivity index (χ1) is 23.0. The maximum absolute atomic E-state index is 14.6. The van der Waals surface area contributed by atoms with Gasteiger partial charge in [-0.2, -0.15) is 0 Å². The van der Waals surface area contributed by atoms with Crippen molar-refractivity contribution in [3.8, 4) is 5.75 Å². The summed E-state index contributed by atoms with van der Waals surface area (Å²) in [5.74, 6) is -0.368. The summed E-state index contributed by atoms with van der Waals surface area (Å²) in [6.45, 7) is 4.14. The number of hydrogen-bond acceptors (Lipinski definition) is 5. The summed E-state index contributed by atoms with van der Waals surface area (Å²) in [4.78, 5) is 29.9. The third kappa shape index (κ3) is 9.98. The number of sulfonamides is 1. The quantitative estimate of drug-likeness (QED) is 0.117. The predicted molar refractivity (Wildman–Crippen MR) is 195 cm³/mol. The number of carbonyl (C=O) groups excluding carboxylic acids is 2. The molecule has 0 aliphatic heterocycles. The minimum absolute atomic E-state index is 0.00145. The van der Waals surface area contributed by atoms with Gasteiger partial charge in [-0.05, 0) is 85.1 Å². The molecule has 1 unspecified atom stereocenters. The van der Waals surface area contributed by atoms with Gasteiger partial charge in [0.05, 0.1) is 27.2 Å². The Kier molecular flexibility index (Phi) is 13.8. The fourth-order valence-electron chi connectivity index (χ4n) is 5.03. The van der Waals surface area contributed by atoms with Gasteiger partial charge >= 0.3 is 0 Å². The van der Waals surface area contributed by atoms with Crippen LogP contribution in [0.1, 0.15) is 37.8 Å². The van der Waals surface area contributed by atoms with Crippen molar-refractivity contribution in [2.75, 3.05) is 24.0 Å². The molecule has 0 radical (unpaired) electrons. The van der Waals surface area contributed by atoms with Gasteiger partial charge in [-0.15, -0.1) is 0 Å². The first-order valence-electron chi connectivity index (χ1n) is 15.6. The van der Waals surface area contributed by atoms with E-state index in [1.807, 2.05) is 44.2 Å². The van der Waals surface area contributed by atoms with Crippen molar-refractivity contribution in [3.63, 3.8) is 0 Å². The van der Waals surface area contributed by atoms with Gasteiger partial charge in [0.2, 0.25) is 11.8 Å². The van der Waals surface area contributed by atoms with Crippen molar-refractivity contribution in [2.45, 2.75) is 50.6 Å². The molecule has 0 fully saturated rings. The van der Waals surface area contributed by atoms with Crippen LogP contribution in [0.25, 0.3) is 0 Å². The van der Waals surface area contributed by atoms with Crippen molar-refractivity contribution in [2.24, 2.45) is 0 Å². The minimum atomic E-state index is -4.25. The van der Waals surface area contributed by atoms with Gasteiger partial charge in [-0.3, -0.25) is 13.9 Å². The zero-order valence-electron chi connectivity index (χ0n) is 26.7. The molecule has 1 atom stereocenters. The molecule has 1 N–H and O–H groups in total. The number of carbonyl (C=O) groups is 2. The molecule has 2 amide bonds. The Balaban J connectivity index is 1.80. The average Bonchev–Trinajstić information content (AvgIpc) is 3.08. The highest BCUT2D eigenvalue weighted by Crippen LogP contribution is 2.29. The SMILES string of the molecule is CCCCNC(=O)C(Cc1ccccc1)N(Cc1ccc(Cl)c(Cl)c1)C(=O)CN(c1ccc(OCC)cc1)S(=O)(=O)c1ccc(Br)cc1. The topological polar surface area (TPSA) is 96.0 Å². The van der Waals surface area contributed by atoms with Crippen LogP contribution in [0.3, 0.4) is 0 Å². The van der Waals surface area contributed by atoms with E-state index in [-0.39, 0.29) is 29.5 Å². The van der Waals surface area contributed by atoms with E-state index in [9.17, 15) is 18.0 Å². The van der Waals surface area contributed by atoms with Gasteiger partial charge in [-0.1, -0.05) is 88.9 Å². The molecule has 0 aliphatic rings. The lowest BCUT2D eigenvalue weighted by molar-refractivity contribution is -0.140. The largest absolute Gasteiger partial charge is 0.494 e. The monoisotopic (exact) mass is 773 g/mol. The highest BCUT2D eigenvalue weighted by atomic mass is 79.9. The fraction of sp³-hybridized carbons (Fsp3) is 0.278. The molecule has 0 saturated heterocycles. The molecule has 0 saturated carbocycles. The summed E-state index contributed by atoms with van der Waals surface area (Å²) >= 11 is 15.9.